The van der Waals surface area contributed by atoms with Crippen molar-refractivity contribution in [2.24, 2.45) is 11.0 Å². The molecule has 1 fully saturated rings. The van der Waals surface area contributed by atoms with Gasteiger partial charge in [-0.05, 0) is 44.0 Å². The average molecular weight is 353 g/mol. The lowest BCUT2D eigenvalue weighted by atomic mass is 10.0. The molecule has 1 aliphatic rings. The smallest absolute Gasteiger partial charge is 0.245 e. The van der Waals surface area contributed by atoms with E-state index >= 15 is 0 Å². The lowest BCUT2D eigenvalue weighted by molar-refractivity contribution is -0.129. The normalized spacial score (nSPS) is 17.3. The van der Waals surface area contributed by atoms with Crippen molar-refractivity contribution >= 4 is 18.0 Å². The zero-order valence-corrected chi connectivity index (χ0v) is 15.3. The van der Waals surface area contributed by atoms with Crippen LogP contribution >= 0.6 is 0 Å². The Hall–Kier alpha value is -2.89. The predicted molar refractivity (Wildman–Crippen MR) is 98.6 cm³/mol. The van der Waals surface area contributed by atoms with Crippen LogP contribution in [0, 0.1) is 26.7 Å². The van der Waals surface area contributed by atoms with Crippen molar-refractivity contribution in [1.29, 1.82) is 0 Å². The van der Waals surface area contributed by atoms with E-state index in [4.69, 9.17) is 4.42 Å². The number of carbonyl (C=O) groups is 2. The third-order valence-electron chi connectivity index (χ3n) is 4.62. The van der Waals surface area contributed by atoms with Crippen LogP contribution in [0.5, 0.6) is 0 Å². The maximum absolute atomic E-state index is 12.3. The molecule has 136 valence electrons. The highest BCUT2D eigenvalue weighted by molar-refractivity contribution is 5.90. The molecule has 6 nitrogen and oxygen atoms in total. The minimum Gasteiger partial charge on any atom is -0.467 e. The summed E-state index contributed by atoms with van der Waals surface area (Å²) < 4.78 is 5.27. The van der Waals surface area contributed by atoms with Gasteiger partial charge < -0.3 is 9.32 Å². The highest BCUT2D eigenvalue weighted by Gasteiger charge is 2.34. The van der Waals surface area contributed by atoms with Crippen molar-refractivity contribution < 1.29 is 14.0 Å². The largest absolute Gasteiger partial charge is 0.467 e. The third kappa shape index (κ3) is 4.02. The van der Waals surface area contributed by atoms with E-state index in [9.17, 15) is 9.59 Å². The summed E-state index contributed by atoms with van der Waals surface area (Å²) in [6, 6.07) is 7.76. The molecule has 0 aliphatic carbocycles. The zero-order valence-electron chi connectivity index (χ0n) is 15.3. The molecule has 1 unspecified atom stereocenters. The Kier molecular flexibility index (Phi) is 5.21. The molecule has 0 saturated carbocycles. The Bertz CT molecular complexity index is 817. The van der Waals surface area contributed by atoms with Crippen LogP contribution < -0.4 is 5.43 Å². The molecule has 1 N–H and O–H groups in total. The van der Waals surface area contributed by atoms with Gasteiger partial charge in [0.05, 0.1) is 24.9 Å². The molecule has 1 aromatic heterocycles. The van der Waals surface area contributed by atoms with E-state index in [0.29, 0.717) is 18.8 Å². The molecule has 0 radical (unpaired) electrons. The first-order chi connectivity index (χ1) is 12.4. The average Bonchev–Trinajstić information content (AvgIpc) is 3.20. The molecule has 6 heteroatoms. The molecule has 1 saturated heterocycles. The van der Waals surface area contributed by atoms with Gasteiger partial charge in [0.2, 0.25) is 11.8 Å². The van der Waals surface area contributed by atoms with Gasteiger partial charge in [0, 0.05) is 18.5 Å². The number of aryl methyl sites for hydroxylation is 3. The minimum atomic E-state index is -0.394. The van der Waals surface area contributed by atoms with Gasteiger partial charge in [-0.25, -0.2) is 5.43 Å². The molecule has 1 atom stereocenters. The van der Waals surface area contributed by atoms with Crippen LogP contribution in [0.1, 0.15) is 34.4 Å². The van der Waals surface area contributed by atoms with Crippen LogP contribution in [-0.4, -0.2) is 29.5 Å². The van der Waals surface area contributed by atoms with Crippen LogP contribution in [0.4, 0.5) is 0 Å². The van der Waals surface area contributed by atoms with Gasteiger partial charge >= 0.3 is 0 Å². The number of hydrogen-bond donors (Lipinski definition) is 1. The summed E-state index contributed by atoms with van der Waals surface area (Å²) in [5, 5.41) is 4.09. The fourth-order valence-electron chi connectivity index (χ4n) is 3.34. The molecular weight excluding hydrogens is 330 g/mol. The van der Waals surface area contributed by atoms with Crippen LogP contribution in [0.15, 0.2) is 40.0 Å². The second-order valence-corrected chi connectivity index (χ2v) is 6.80. The fourth-order valence-corrected chi connectivity index (χ4v) is 3.34. The first-order valence-corrected chi connectivity index (χ1v) is 8.65. The molecule has 3 rings (SSSR count). The predicted octanol–water partition coefficient (Wildman–Crippen LogP) is 2.70. The number of amides is 2. The van der Waals surface area contributed by atoms with E-state index in [-0.39, 0.29) is 18.2 Å². The first-order valence-electron chi connectivity index (χ1n) is 8.65. The summed E-state index contributed by atoms with van der Waals surface area (Å²) in [5.74, 6) is 0.0345. The summed E-state index contributed by atoms with van der Waals surface area (Å²) in [6.07, 6.45) is 3.44. The third-order valence-corrected chi connectivity index (χ3v) is 4.62. The molecule has 1 aromatic carbocycles. The minimum absolute atomic E-state index is 0.0456. The first kappa shape index (κ1) is 17.9. The van der Waals surface area contributed by atoms with Gasteiger partial charge in [0.25, 0.3) is 0 Å². The van der Waals surface area contributed by atoms with Crippen LogP contribution in [0.25, 0.3) is 0 Å². The van der Waals surface area contributed by atoms with Crippen LogP contribution in [-0.2, 0) is 16.1 Å². The van der Waals surface area contributed by atoms with Crippen molar-refractivity contribution in [1.82, 2.24) is 10.3 Å². The Labute approximate surface area is 152 Å². The SMILES string of the molecule is Cc1cc(C)c(/C=N/NC(=O)C2CC(=O)N(Cc3ccco3)C2)c(C)c1. The van der Waals surface area contributed by atoms with E-state index in [1.54, 1.807) is 23.4 Å². The van der Waals surface area contributed by atoms with Gasteiger partial charge in [-0.3, -0.25) is 9.59 Å². The van der Waals surface area contributed by atoms with Gasteiger partial charge in [-0.15, -0.1) is 0 Å². The molecule has 2 heterocycles. The number of hydrazone groups is 1. The molecule has 1 aliphatic heterocycles. The summed E-state index contributed by atoms with van der Waals surface area (Å²) in [6.45, 7) is 6.86. The van der Waals surface area contributed by atoms with Gasteiger partial charge in [-0.2, -0.15) is 5.10 Å². The quantitative estimate of drug-likeness (QED) is 0.663. The second-order valence-electron chi connectivity index (χ2n) is 6.80. The zero-order chi connectivity index (χ0) is 18.7. The Balaban J connectivity index is 1.58. The topological polar surface area (TPSA) is 74.9 Å². The summed E-state index contributed by atoms with van der Waals surface area (Å²) in [5.41, 5.74) is 6.99. The van der Waals surface area contributed by atoms with Crippen molar-refractivity contribution in [3.05, 3.63) is 58.5 Å². The lowest BCUT2D eigenvalue weighted by Crippen LogP contribution is -2.30. The molecule has 26 heavy (non-hydrogen) atoms. The highest BCUT2D eigenvalue weighted by Crippen LogP contribution is 2.20. The molecular formula is C20H23N3O3. The Morgan fingerprint density at radius 3 is 2.73 bits per heavy atom. The number of furan rings is 1. The Morgan fingerprint density at radius 1 is 1.35 bits per heavy atom. The summed E-state index contributed by atoms with van der Waals surface area (Å²) in [7, 11) is 0. The van der Waals surface area contributed by atoms with Crippen LogP contribution in [0.2, 0.25) is 0 Å². The Morgan fingerprint density at radius 2 is 2.08 bits per heavy atom. The van der Waals surface area contributed by atoms with E-state index in [1.165, 1.54) is 5.56 Å². The molecule has 0 spiro atoms. The van der Waals surface area contributed by atoms with Crippen LogP contribution in [0.3, 0.4) is 0 Å². The molecule has 0 bridgehead atoms. The van der Waals surface area contributed by atoms with E-state index in [0.717, 1.165) is 16.7 Å². The lowest BCUT2D eigenvalue weighted by Gasteiger charge is -2.14. The second kappa shape index (κ2) is 7.56. The van der Waals surface area contributed by atoms with Crippen molar-refractivity contribution in [3.63, 3.8) is 0 Å². The van der Waals surface area contributed by atoms with E-state index in [1.807, 2.05) is 26.8 Å². The highest BCUT2D eigenvalue weighted by atomic mass is 16.3. The molecule has 2 amide bonds. The summed E-state index contributed by atoms with van der Waals surface area (Å²) >= 11 is 0. The number of hydrogen-bond acceptors (Lipinski definition) is 4. The van der Waals surface area contributed by atoms with E-state index < -0.39 is 5.92 Å². The number of rotatable bonds is 5. The van der Waals surface area contributed by atoms with Crippen molar-refractivity contribution in [3.8, 4) is 0 Å². The van der Waals surface area contributed by atoms with Crippen molar-refractivity contribution in [2.45, 2.75) is 33.7 Å². The number of likely N-dealkylation sites (tertiary alicyclic amines) is 1. The number of benzene rings is 1. The van der Waals surface area contributed by atoms with Gasteiger partial charge in [-0.1, -0.05) is 17.7 Å². The van der Waals surface area contributed by atoms with E-state index in [2.05, 4.69) is 22.7 Å². The number of nitrogens with zero attached hydrogens (tertiary/aromatic N) is 2. The maximum Gasteiger partial charge on any atom is 0.245 e. The standard InChI is InChI=1S/C20H23N3O3/c1-13-7-14(2)18(15(3)8-13)10-21-22-20(25)16-9-19(24)23(11-16)12-17-5-4-6-26-17/h4-8,10,16H,9,11-12H2,1-3H3,(H,22,25)/b21-10+. The van der Waals surface area contributed by atoms with Gasteiger partial charge in [0.15, 0.2) is 0 Å². The molecule has 2 aromatic rings. The number of nitrogens with one attached hydrogen (secondary N) is 1. The summed E-state index contributed by atoms with van der Waals surface area (Å²) in [4.78, 5) is 26.1. The van der Waals surface area contributed by atoms with Crippen molar-refractivity contribution in [2.75, 3.05) is 6.54 Å². The monoisotopic (exact) mass is 353 g/mol. The van der Waals surface area contributed by atoms with Gasteiger partial charge in [0.1, 0.15) is 5.76 Å². The fraction of sp³-hybridized carbons (Fsp3) is 0.350. The number of carbonyl (C=O) groups excluding carboxylic acids is 2. The maximum atomic E-state index is 12.3.